The average Bonchev–Trinajstić information content (AvgIpc) is 1.98. The molecule has 4 heteroatoms. The van der Waals surface area contributed by atoms with Crippen molar-refractivity contribution in [3.05, 3.63) is 0 Å². The van der Waals surface area contributed by atoms with Crippen LogP contribution in [-0.2, 0) is 9.53 Å². The Morgan fingerprint density at radius 3 is 2.06 bits per heavy atom. The van der Waals surface area contributed by atoms with E-state index in [2.05, 4.69) is 5.32 Å². The molecule has 0 aromatic rings. The zero-order valence-corrected chi connectivity index (χ0v) is 11.4. The Morgan fingerprint density at radius 2 is 1.75 bits per heavy atom. The molecule has 0 saturated carbocycles. The number of rotatable bonds is 4. The summed E-state index contributed by atoms with van der Waals surface area (Å²) in [6, 6.07) is -0.324. The van der Waals surface area contributed by atoms with Gasteiger partial charge in [-0.1, -0.05) is 20.8 Å². The fourth-order valence-corrected chi connectivity index (χ4v) is 1.33. The van der Waals surface area contributed by atoms with Crippen molar-refractivity contribution in [3.8, 4) is 0 Å². The molecule has 0 spiro atoms. The summed E-state index contributed by atoms with van der Waals surface area (Å²) in [6.07, 6.45) is 0. The first-order valence-electron chi connectivity index (χ1n) is 5.74. The third-order valence-corrected chi connectivity index (χ3v) is 2.00. The summed E-state index contributed by atoms with van der Waals surface area (Å²) in [6.45, 7) is 12.7. The molecule has 0 fully saturated rings. The zero-order valence-electron chi connectivity index (χ0n) is 11.4. The lowest BCUT2D eigenvalue weighted by atomic mass is 9.86. The van der Waals surface area contributed by atoms with Gasteiger partial charge in [-0.2, -0.15) is 0 Å². The first kappa shape index (κ1) is 15.4. The Kier molecular flexibility index (Phi) is 5.42. The Morgan fingerprint density at radius 1 is 1.25 bits per heavy atom. The van der Waals surface area contributed by atoms with Crippen molar-refractivity contribution in [1.82, 2.24) is 5.32 Å². The molecule has 0 saturated heterocycles. The quantitative estimate of drug-likeness (QED) is 0.714. The monoisotopic (exact) mass is 230 g/mol. The molecule has 0 aliphatic rings. The molecule has 4 nitrogen and oxygen atoms in total. The summed E-state index contributed by atoms with van der Waals surface area (Å²) >= 11 is 0. The maximum atomic E-state index is 12.0. The van der Waals surface area contributed by atoms with Crippen molar-refractivity contribution >= 4 is 5.97 Å². The van der Waals surface area contributed by atoms with Crippen molar-refractivity contribution < 1.29 is 9.53 Å². The average molecular weight is 230 g/mol. The normalized spacial score (nSPS) is 14.7. The molecular weight excluding hydrogens is 204 g/mol. The number of hydrogen-bond acceptors (Lipinski definition) is 4. The van der Waals surface area contributed by atoms with Crippen LogP contribution in [0.1, 0.15) is 41.5 Å². The van der Waals surface area contributed by atoms with E-state index in [0.717, 1.165) is 0 Å². The standard InChI is InChI=1S/C12H26N2O2/c1-11(2,3)9(14-8-7-13)10(15)16-12(4,5)6/h9,14H,7-8,13H2,1-6H3/t9-/m1/s1. The largest absolute Gasteiger partial charge is 0.459 e. The van der Waals surface area contributed by atoms with Gasteiger partial charge in [-0.05, 0) is 26.2 Å². The minimum atomic E-state index is -0.453. The van der Waals surface area contributed by atoms with Gasteiger partial charge in [-0.25, -0.2) is 0 Å². The van der Waals surface area contributed by atoms with Gasteiger partial charge in [-0.3, -0.25) is 4.79 Å². The fraction of sp³-hybridized carbons (Fsp3) is 0.917. The second-order valence-electron chi connectivity index (χ2n) is 6.08. The van der Waals surface area contributed by atoms with Gasteiger partial charge in [0.05, 0.1) is 0 Å². The maximum Gasteiger partial charge on any atom is 0.324 e. The second kappa shape index (κ2) is 5.64. The first-order valence-corrected chi connectivity index (χ1v) is 5.74. The van der Waals surface area contributed by atoms with Gasteiger partial charge in [0.15, 0.2) is 0 Å². The summed E-state index contributed by atoms with van der Waals surface area (Å²) in [4.78, 5) is 12.0. The van der Waals surface area contributed by atoms with E-state index in [1.807, 2.05) is 41.5 Å². The summed E-state index contributed by atoms with van der Waals surface area (Å²) < 4.78 is 5.38. The molecule has 0 aromatic heterocycles. The maximum absolute atomic E-state index is 12.0. The number of carbonyl (C=O) groups is 1. The van der Waals surface area contributed by atoms with Crippen LogP contribution in [0, 0.1) is 5.41 Å². The summed E-state index contributed by atoms with van der Waals surface area (Å²) in [7, 11) is 0. The van der Waals surface area contributed by atoms with Crippen LogP contribution < -0.4 is 11.1 Å². The van der Waals surface area contributed by atoms with E-state index in [1.54, 1.807) is 0 Å². The highest BCUT2D eigenvalue weighted by Gasteiger charge is 2.34. The molecule has 96 valence electrons. The van der Waals surface area contributed by atoms with Gasteiger partial charge >= 0.3 is 5.97 Å². The lowest BCUT2D eigenvalue weighted by Gasteiger charge is -2.32. The van der Waals surface area contributed by atoms with E-state index in [9.17, 15) is 4.79 Å². The Labute approximate surface area is 98.9 Å². The number of nitrogens with one attached hydrogen (secondary N) is 1. The zero-order chi connectivity index (χ0) is 13.0. The van der Waals surface area contributed by atoms with E-state index in [1.165, 1.54) is 0 Å². The van der Waals surface area contributed by atoms with E-state index in [-0.39, 0.29) is 17.4 Å². The minimum Gasteiger partial charge on any atom is -0.459 e. The molecule has 0 heterocycles. The molecule has 1 atom stereocenters. The minimum absolute atomic E-state index is 0.183. The van der Waals surface area contributed by atoms with Crippen LogP contribution in [0.15, 0.2) is 0 Å². The van der Waals surface area contributed by atoms with Gasteiger partial charge in [0.1, 0.15) is 11.6 Å². The van der Waals surface area contributed by atoms with Crippen LogP contribution in [0.2, 0.25) is 0 Å². The van der Waals surface area contributed by atoms with E-state index >= 15 is 0 Å². The lowest BCUT2D eigenvalue weighted by Crippen LogP contribution is -2.50. The van der Waals surface area contributed by atoms with Gasteiger partial charge in [0, 0.05) is 13.1 Å². The SMILES string of the molecule is CC(C)(C)OC(=O)[C@@H](NCCN)C(C)(C)C. The van der Waals surface area contributed by atoms with Crippen molar-refractivity contribution in [2.75, 3.05) is 13.1 Å². The number of esters is 1. The molecule has 0 aromatic carbocycles. The molecule has 0 rings (SSSR count). The third kappa shape index (κ3) is 6.08. The Balaban J connectivity index is 4.58. The topological polar surface area (TPSA) is 64.3 Å². The summed E-state index contributed by atoms with van der Waals surface area (Å²) in [5, 5.41) is 3.13. The highest BCUT2D eigenvalue weighted by atomic mass is 16.6. The second-order valence-corrected chi connectivity index (χ2v) is 6.08. The lowest BCUT2D eigenvalue weighted by molar-refractivity contribution is -0.160. The predicted molar refractivity (Wildman–Crippen MR) is 66.1 cm³/mol. The molecule has 0 bridgehead atoms. The molecule has 0 aliphatic heterocycles. The number of ether oxygens (including phenoxy) is 1. The number of nitrogens with two attached hydrogens (primary N) is 1. The van der Waals surface area contributed by atoms with Crippen LogP contribution in [0.3, 0.4) is 0 Å². The van der Waals surface area contributed by atoms with E-state index in [4.69, 9.17) is 10.5 Å². The van der Waals surface area contributed by atoms with Crippen molar-refractivity contribution in [3.63, 3.8) is 0 Å². The van der Waals surface area contributed by atoms with Crippen LogP contribution in [0.5, 0.6) is 0 Å². The van der Waals surface area contributed by atoms with Gasteiger partial charge < -0.3 is 15.8 Å². The highest BCUT2D eigenvalue weighted by Crippen LogP contribution is 2.22. The fourth-order valence-electron chi connectivity index (χ4n) is 1.33. The van der Waals surface area contributed by atoms with E-state index in [0.29, 0.717) is 13.1 Å². The summed E-state index contributed by atoms with van der Waals surface area (Å²) in [5.41, 5.74) is 4.80. The third-order valence-electron chi connectivity index (χ3n) is 2.00. The molecule has 0 aliphatic carbocycles. The Bertz CT molecular complexity index is 226. The van der Waals surface area contributed by atoms with Gasteiger partial charge in [0.2, 0.25) is 0 Å². The highest BCUT2D eigenvalue weighted by molar-refractivity contribution is 5.77. The molecule has 0 radical (unpaired) electrons. The molecule has 0 unspecified atom stereocenters. The molecule has 16 heavy (non-hydrogen) atoms. The van der Waals surface area contributed by atoms with Crippen molar-refractivity contribution in [1.29, 1.82) is 0 Å². The van der Waals surface area contributed by atoms with Crippen molar-refractivity contribution in [2.24, 2.45) is 11.1 Å². The van der Waals surface area contributed by atoms with Crippen molar-refractivity contribution in [2.45, 2.75) is 53.2 Å². The van der Waals surface area contributed by atoms with Gasteiger partial charge in [0.25, 0.3) is 0 Å². The van der Waals surface area contributed by atoms with Crippen LogP contribution in [0.4, 0.5) is 0 Å². The van der Waals surface area contributed by atoms with Crippen LogP contribution in [0.25, 0.3) is 0 Å². The molecular formula is C12H26N2O2. The van der Waals surface area contributed by atoms with Crippen LogP contribution in [-0.4, -0.2) is 30.7 Å². The summed E-state index contributed by atoms with van der Waals surface area (Å²) in [5.74, 6) is -0.214. The molecule has 0 amide bonds. The molecule has 3 N–H and O–H groups in total. The first-order chi connectivity index (χ1) is 7.08. The predicted octanol–water partition coefficient (Wildman–Crippen LogP) is 1.29. The van der Waals surface area contributed by atoms with E-state index < -0.39 is 5.60 Å². The Hall–Kier alpha value is -0.610. The van der Waals surface area contributed by atoms with Crippen LogP contribution >= 0.6 is 0 Å². The number of carbonyl (C=O) groups excluding carboxylic acids is 1. The smallest absolute Gasteiger partial charge is 0.324 e. The number of hydrogen-bond donors (Lipinski definition) is 2. The van der Waals surface area contributed by atoms with Gasteiger partial charge in [-0.15, -0.1) is 0 Å².